The summed E-state index contributed by atoms with van der Waals surface area (Å²) in [6, 6.07) is 10.9. The zero-order valence-corrected chi connectivity index (χ0v) is 23.7. The van der Waals surface area contributed by atoms with E-state index in [-0.39, 0.29) is 17.5 Å². The molecule has 2 aliphatic heterocycles. The van der Waals surface area contributed by atoms with Gasteiger partial charge in [0.1, 0.15) is 6.10 Å². The summed E-state index contributed by atoms with van der Waals surface area (Å²) in [5.41, 5.74) is 2.16. The number of rotatable bonds is 8. The van der Waals surface area contributed by atoms with Crippen LogP contribution < -0.4 is 9.46 Å². The molecule has 2 saturated carbocycles. The van der Waals surface area contributed by atoms with E-state index in [1.54, 1.807) is 6.07 Å². The SMILES string of the molecule is CC(C)Cc1ccccc1CS(=O)(=O)N[C@H]1CC[C@@]2(O)[C@H]3Cc4ccc(O)c5c4[C@@]2(CCN3CC2CC2)[C@H]1O5. The summed E-state index contributed by atoms with van der Waals surface area (Å²) in [4.78, 5) is 2.49. The van der Waals surface area contributed by atoms with Gasteiger partial charge < -0.3 is 14.9 Å². The second kappa shape index (κ2) is 8.93. The summed E-state index contributed by atoms with van der Waals surface area (Å²) in [6.07, 6.45) is 5.20. The van der Waals surface area contributed by atoms with Gasteiger partial charge >= 0.3 is 0 Å². The largest absolute Gasteiger partial charge is 0.504 e. The Morgan fingerprint density at radius 1 is 1.10 bits per heavy atom. The topological polar surface area (TPSA) is 99.1 Å². The van der Waals surface area contributed by atoms with Crippen LogP contribution in [-0.2, 0) is 34.0 Å². The lowest BCUT2D eigenvalue weighted by molar-refractivity contribution is -0.190. The molecule has 7 nitrogen and oxygen atoms in total. The van der Waals surface area contributed by atoms with E-state index < -0.39 is 33.2 Å². The number of aliphatic hydroxyl groups is 1. The molecule has 5 atom stereocenters. The lowest BCUT2D eigenvalue weighted by Gasteiger charge is -2.64. The number of aromatic hydroxyl groups is 1. The standard InChI is InChI=1S/C31H40N2O5S/c1-19(2)15-21-5-3-4-6-23(21)18-39(36,37)32-24-11-12-31(35)26-16-22-9-10-25(34)28-27(22)30(31,29(24)38-28)13-14-33(26)17-20-7-8-20/h3-6,9-10,19-20,24,26,29,32,34-35H,7-8,11-18H2,1-2H3/t24-,26+,29-,30-,31+/m0/s1. The van der Waals surface area contributed by atoms with Crippen LogP contribution in [0.3, 0.4) is 0 Å². The van der Waals surface area contributed by atoms with Gasteiger partial charge in [0.05, 0.1) is 22.8 Å². The highest BCUT2D eigenvalue weighted by atomic mass is 32.2. The molecule has 3 aliphatic carbocycles. The number of nitrogens with one attached hydrogen (secondary N) is 1. The molecule has 210 valence electrons. The van der Waals surface area contributed by atoms with Crippen LogP contribution in [0.1, 0.15) is 68.2 Å². The molecule has 3 N–H and O–H groups in total. The monoisotopic (exact) mass is 552 g/mol. The van der Waals surface area contributed by atoms with Crippen LogP contribution in [0, 0.1) is 11.8 Å². The summed E-state index contributed by atoms with van der Waals surface area (Å²) < 4.78 is 36.8. The molecule has 0 aromatic heterocycles. The number of phenolic OH excluding ortho intramolecular Hbond substituents is 1. The zero-order chi connectivity index (χ0) is 27.2. The third-order valence-electron chi connectivity index (χ3n) is 10.2. The maximum atomic E-state index is 13.6. The molecule has 0 radical (unpaired) electrons. The van der Waals surface area contributed by atoms with Gasteiger partial charge in [0.2, 0.25) is 10.0 Å². The van der Waals surface area contributed by atoms with E-state index in [2.05, 4.69) is 23.5 Å². The Morgan fingerprint density at radius 3 is 2.62 bits per heavy atom. The molecule has 1 spiro atoms. The number of benzene rings is 2. The van der Waals surface area contributed by atoms with Crippen molar-refractivity contribution in [2.24, 2.45) is 11.8 Å². The van der Waals surface area contributed by atoms with E-state index >= 15 is 0 Å². The number of nitrogens with zero attached hydrogens (tertiary/aromatic N) is 1. The fraction of sp³-hybridized carbons (Fsp3) is 0.613. The molecule has 5 aliphatic rings. The zero-order valence-electron chi connectivity index (χ0n) is 22.9. The second-order valence-corrected chi connectivity index (χ2v) is 14.9. The smallest absolute Gasteiger partial charge is 0.216 e. The Bertz CT molecular complexity index is 1410. The number of likely N-dealkylation sites (tertiary alicyclic amines) is 1. The number of hydrogen-bond acceptors (Lipinski definition) is 6. The van der Waals surface area contributed by atoms with Gasteiger partial charge in [0, 0.05) is 18.2 Å². The van der Waals surface area contributed by atoms with Crippen molar-refractivity contribution < 1.29 is 23.4 Å². The van der Waals surface area contributed by atoms with Gasteiger partial charge in [0.15, 0.2) is 11.5 Å². The first-order valence-corrected chi connectivity index (χ1v) is 16.3. The Hall–Kier alpha value is -2.13. The van der Waals surface area contributed by atoms with Gasteiger partial charge in [-0.2, -0.15) is 0 Å². The number of hydrogen-bond donors (Lipinski definition) is 3. The Morgan fingerprint density at radius 2 is 1.87 bits per heavy atom. The van der Waals surface area contributed by atoms with Gasteiger partial charge in [0.25, 0.3) is 0 Å². The van der Waals surface area contributed by atoms with Crippen molar-refractivity contribution in [3.05, 3.63) is 58.7 Å². The van der Waals surface area contributed by atoms with Crippen LogP contribution in [0.5, 0.6) is 11.5 Å². The first-order chi connectivity index (χ1) is 18.6. The van der Waals surface area contributed by atoms with Gasteiger partial charge in [-0.1, -0.05) is 44.2 Å². The predicted molar refractivity (Wildman–Crippen MR) is 149 cm³/mol. The fourth-order valence-corrected chi connectivity index (χ4v) is 9.89. The number of ether oxygens (including phenoxy) is 1. The third-order valence-corrected chi connectivity index (χ3v) is 11.5. The Labute approximate surface area is 231 Å². The van der Waals surface area contributed by atoms with Crippen molar-refractivity contribution in [2.45, 2.75) is 93.7 Å². The van der Waals surface area contributed by atoms with Crippen LogP contribution in [0.2, 0.25) is 0 Å². The van der Waals surface area contributed by atoms with Crippen molar-refractivity contribution >= 4 is 10.0 Å². The van der Waals surface area contributed by atoms with Gasteiger partial charge in [-0.15, -0.1) is 0 Å². The van der Waals surface area contributed by atoms with Crippen LogP contribution >= 0.6 is 0 Å². The molecule has 2 aromatic rings. The van der Waals surface area contributed by atoms with E-state index in [4.69, 9.17) is 4.74 Å². The highest BCUT2D eigenvalue weighted by Gasteiger charge is 2.73. The molecule has 0 unspecified atom stereocenters. The Balaban J connectivity index is 1.23. The van der Waals surface area contributed by atoms with E-state index in [9.17, 15) is 18.6 Å². The number of sulfonamides is 1. The minimum absolute atomic E-state index is 0.0265. The van der Waals surface area contributed by atoms with E-state index in [0.29, 0.717) is 30.9 Å². The maximum Gasteiger partial charge on any atom is 0.216 e. The Kier molecular flexibility index (Phi) is 5.91. The van der Waals surface area contributed by atoms with E-state index in [0.717, 1.165) is 54.1 Å². The lowest BCUT2D eigenvalue weighted by Crippen LogP contribution is -2.78. The maximum absolute atomic E-state index is 13.6. The van der Waals surface area contributed by atoms with Crippen molar-refractivity contribution in [1.29, 1.82) is 0 Å². The molecule has 39 heavy (non-hydrogen) atoms. The molecule has 2 aromatic carbocycles. The molecule has 7 rings (SSSR count). The van der Waals surface area contributed by atoms with Gasteiger partial charge in [-0.25, -0.2) is 13.1 Å². The molecule has 8 heteroatoms. The predicted octanol–water partition coefficient (Wildman–Crippen LogP) is 3.64. The van der Waals surface area contributed by atoms with Crippen LogP contribution in [0.4, 0.5) is 0 Å². The highest BCUT2D eigenvalue weighted by Crippen LogP contribution is 2.65. The lowest BCUT2D eigenvalue weighted by atomic mass is 9.48. The van der Waals surface area contributed by atoms with Crippen LogP contribution in [0.15, 0.2) is 36.4 Å². The van der Waals surface area contributed by atoms with Crippen molar-refractivity contribution in [1.82, 2.24) is 9.62 Å². The molecule has 2 bridgehead atoms. The molecule has 3 fully saturated rings. The van der Waals surface area contributed by atoms with Gasteiger partial charge in [-0.05, 0) is 86.1 Å². The molecular formula is C31H40N2O5S. The van der Waals surface area contributed by atoms with Gasteiger partial charge in [-0.3, -0.25) is 4.90 Å². The molecule has 1 saturated heterocycles. The van der Waals surface area contributed by atoms with Crippen LogP contribution in [-0.4, -0.2) is 60.4 Å². The second-order valence-electron chi connectivity index (χ2n) is 13.2. The summed E-state index contributed by atoms with van der Waals surface area (Å²) in [5, 5.41) is 23.4. The van der Waals surface area contributed by atoms with Crippen molar-refractivity contribution in [2.75, 3.05) is 13.1 Å². The first kappa shape index (κ1) is 25.8. The highest BCUT2D eigenvalue weighted by molar-refractivity contribution is 7.88. The summed E-state index contributed by atoms with van der Waals surface area (Å²) in [5.74, 6) is 1.57. The first-order valence-electron chi connectivity index (χ1n) is 14.7. The van der Waals surface area contributed by atoms with Crippen molar-refractivity contribution in [3.63, 3.8) is 0 Å². The number of piperidine rings is 1. The summed E-state index contributed by atoms with van der Waals surface area (Å²) in [6.45, 7) is 6.14. The van der Waals surface area contributed by atoms with Crippen molar-refractivity contribution in [3.8, 4) is 11.5 Å². The average molecular weight is 553 g/mol. The summed E-state index contributed by atoms with van der Waals surface area (Å²) >= 11 is 0. The summed E-state index contributed by atoms with van der Waals surface area (Å²) in [7, 11) is -3.69. The van der Waals surface area contributed by atoms with Crippen LogP contribution in [0.25, 0.3) is 0 Å². The molecule has 2 heterocycles. The minimum Gasteiger partial charge on any atom is -0.504 e. The fourth-order valence-electron chi connectivity index (χ4n) is 8.42. The minimum atomic E-state index is -3.69. The molecular weight excluding hydrogens is 512 g/mol. The average Bonchev–Trinajstić information content (AvgIpc) is 3.61. The van der Waals surface area contributed by atoms with E-state index in [1.807, 2.05) is 30.3 Å². The molecule has 0 amide bonds. The normalized spacial score (nSPS) is 33.2. The third kappa shape index (κ3) is 3.97. The van der Waals surface area contributed by atoms with E-state index in [1.165, 1.54) is 12.8 Å². The number of phenols is 1. The quantitative estimate of drug-likeness (QED) is 0.463.